The molecule has 0 radical (unpaired) electrons. The molecule has 10 nitrogen and oxygen atoms in total. The Kier molecular flexibility index (Phi) is 5.64. The van der Waals surface area contributed by atoms with Crippen molar-refractivity contribution in [1.82, 2.24) is 14.5 Å². The maximum absolute atomic E-state index is 12.9. The van der Waals surface area contributed by atoms with Gasteiger partial charge in [0.1, 0.15) is 18.0 Å². The number of carbonyl (C=O) groups is 1. The van der Waals surface area contributed by atoms with Crippen LogP contribution < -0.4 is 20.3 Å². The number of aromatic nitrogens is 3. The molecule has 1 aliphatic rings. The second-order valence-corrected chi connectivity index (χ2v) is 7.73. The number of carbonyl (C=O) groups excluding carboxylic acids is 1. The lowest BCUT2D eigenvalue weighted by Gasteiger charge is -2.07. The maximum atomic E-state index is 12.9. The average molecular weight is 462 g/mol. The molecular formula is C24H22N4O6. The van der Waals surface area contributed by atoms with E-state index in [1.54, 1.807) is 30.8 Å². The number of benzene rings is 2. The van der Waals surface area contributed by atoms with Crippen LogP contribution in [0.2, 0.25) is 0 Å². The summed E-state index contributed by atoms with van der Waals surface area (Å²) < 4.78 is 24.7. The molecule has 0 spiro atoms. The fraction of sp³-hybridized carbons (Fsp3) is 0.208. The molecule has 1 amide bonds. The zero-order valence-electron chi connectivity index (χ0n) is 18.6. The molecule has 0 aliphatic carbocycles. The first-order chi connectivity index (χ1) is 16.5. The second kappa shape index (κ2) is 8.91. The summed E-state index contributed by atoms with van der Waals surface area (Å²) >= 11 is 0. The molecule has 4 aromatic rings. The molecule has 5 rings (SSSR count). The Labute approximate surface area is 194 Å². The number of amides is 1. The Bertz CT molecular complexity index is 1400. The Hall–Kier alpha value is -4.31. The average Bonchev–Trinajstić information content (AvgIpc) is 3.55. The van der Waals surface area contributed by atoms with Gasteiger partial charge in [-0.2, -0.15) is 0 Å². The summed E-state index contributed by atoms with van der Waals surface area (Å²) in [6, 6.07) is 16.4. The van der Waals surface area contributed by atoms with Crippen LogP contribution >= 0.6 is 0 Å². The Morgan fingerprint density at radius 2 is 1.91 bits per heavy atom. The third-order valence-electron chi connectivity index (χ3n) is 5.52. The van der Waals surface area contributed by atoms with Gasteiger partial charge in [-0.1, -0.05) is 23.4 Å². The van der Waals surface area contributed by atoms with E-state index in [-0.39, 0.29) is 31.3 Å². The molecular weight excluding hydrogens is 440 g/mol. The molecule has 0 atom stereocenters. The first-order valence-corrected chi connectivity index (χ1v) is 10.6. The van der Waals surface area contributed by atoms with E-state index >= 15 is 0 Å². The van der Waals surface area contributed by atoms with Crippen LogP contribution in [0, 0.1) is 6.92 Å². The van der Waals surface area contributed by atoms with Crippen molar-refractivity contribution in [2.75, 3.05) is 18.7 Å². The van der Waals surface area contributed by atoms with Crippen LogP contribution in [0.1, 0.15) is 11.4 Å². The number of para-hydroxylation sites is 1. The molecule has 0 bridgehead atoms. The molecule has 1 aliphatic heterocycles. The van der Waals surface area contributed by atoms with Crippen LogP contribution in [-0.4, -0.2) is 33.8 Å². The molecule has 34 heavy (non-hydrogen) atoms. The largest absolute Gasteiger partial charge is 0.454 e. The minimum Gasteiger partial charge on any atom is -0.454 e. The summed E-state index contributed by atoms with van der Waals surface area (Å²) in [5.74, 6) is 1.43. The van der Waals surface area contributed by atoms with E-state index in [2.05, 4.69) is 10.5 Å². The van der Waals surface area contributed by atoms with Gasteiger partial charge < -0.3 is 24.1 Å². The smallest absolute Gasteiger partial charge is 0.295 e. The third-order valence-corrected chi connectivity index (χ3v) is 5.52. The number of ether oxygens (including phenoxy) is 3. The van der Waals surface area contributed by atoms with Gasteiger partial charge in [-0.25, -0.2) is 4.68 Å². The van der Waals surface area contributed by atoms with E-state index in [1.807, 2.05) is 42.5 Å². The van der Waals surface area contributed by atoms with Gasteiger partial charge in [-0.3, -0.25) is 14.3 Å². The van der Waals surface area contributed by atoms with Gasteiger partial charge in [0.05, 0.1) is 18.0 Å². The summed E-state index contributed by atoms with van der Waals surface area (Å²) in [7, 11) is 1.76. The first-order valence-electron chi connectivity index (χ1n) is 10.6. The highest BCUT2D eigenvalue weighted by Gasteiger charge is 2.19. The van der Waals surface area contributed by atoms with Gasteiger partial charge >= 0.3 is 0 Å². The summed E-state index contributed by atoms with van der Waals surface area (Å²) in [5.41, 5.74) is 2.56. The Morgan fingerprint density at radius 3 is 2.74 bits per heavy atom. The molecule has 0 fully saturated rings. The molecule has 0 unspecified atom stereocenters. The number of rotatable bonds is 7. The van der Waals surface area contributed by atoms with Crippen molar-refractivity contribution < 1.29 is 23.5 Å². The van der Waals surface area contributed by atoms with E-state index in [4.69, 9.17) is 18.7 Å². The molecule has 174 valence electrons. The van der Waals surface area contributed by atoms with Crippen molar-refractivity contribution in [3.05, 3.63) is 76.3 Å². The molecule has 0 saturated heterocycles. The van der Waals surface area contributed by atoms with Crippen molar-refractivity contribution in [2.24, 2.45) is 7.05 Å². The summed E-state index contributed by atoms with van der Waals surface area (Å²) in [5, 5.41) is 6.65. The lowest BCUT2D eigenvalue weighted by molar-refractivity contribution is -0.121. The van der Waals surface area contributed by atoms with E-state index in [1.165, 1.54) is 4.68 Å². The van der Waals surface area contributed by atoms with E-state index < -0.39 is 5.91 Å². The van der Waals surface area contributed by atoms with Gasteiger partial charge in [0.25, 0.3) is 11.5 Å². The number of anilines is 1. The van der Waals surface area contributed by atoms with Crippen LogP contribution in [0.5, 0.6) is 11.5 Å². The van der Waals surface area contributed by atoms with Crippen molar-refractivity contribution in [1.29, 1.82) is 0 Å². The van der Waals surface area contributed by atoms with E-state index in [0.717, 1.165) is 5.56 Å². The van der Waals surface area contributed by atoms with Crippen LogP contribution in [-0.2, 0) is 23.2 Å². The topological polar surface area (TPSA) is 110 Å². The fourth-order valence-corrected chi connectivity index (χ4v) is 3.70. The molecule has 1 N–H and O–H groups in total. The Morgan fingerprint density at radius 1 is 1.12 bits per heavy atom. The predicted octanol–water partition coefficient (Wildman–Crippen LogP) is 3.02. The fourth-order valence-electron chi connectivity index (χ4n) is 3.70. The highest BCUT2D eigenvalue weighted by molar-refractivity contribution is 5.92. The van der Waals surface area contributed by atoms with Crippen molar-refractivity contribution >= 4 is 11.6 Å². The van der Waals surface area contributed by atoms with Crippen molar-refractivity contribution in [2.45, 2.75) is 13.5 Å². The van der Waals surface area contributed by atoms with Gasteiger partial charge in [0.15, 0.2) is 17.3 Å². The number of nitrogens with zero attached hydrogens (tertiary/aromatic N) is 3. The van der Waals surface area contributed by atoms with Crippen molar-refractivity contribution in [3.63, 3.8) is 0 Å². The number of hydrogen-bond donors (Lipinski definition) is 1. The summed E-state index contributed by atoms with van der Waals surface area (Å²) in [6.07, 6.45) is 0. The van der Waals surface area contributed by atoms with Gasteiger partial charge in [-0.15, -0.1) is 0 Å². The number of fused-ring (bicyclic) bond motifs is 1. The van der Waals surface area contributed by atoms with Crippen LogP contribution in [0.4, 0.5) is 5.69 Å². The van der Waals surface area contributed by atoms with Crippen LogP contribution in [0.15, 0.2) is 63.9 Å². The monoisotopic (exact) mass is 462 g/mol. The van der Waals surface area contributed by atoms with Crippen LogP contribution in [0.25, 0.3) is 17.0 Å². The standard InChI is InChI=1S/C24H22N4O6/c1-15-23(24(30)28(27(15)2)18-6-4-3-5-7-18)25-22(29)13-31-12-17-11-20(34-26-17)16-8-9-19-21(10-16)33-14-32-19/h3-11H,12-14H2,1-2H3,(H,25,29). The predicted molar refractivity (Wildman–Crippen MR) is 122 cm³/mol. The van der Waals surface area contributed by atoms with E-state index in [0.29, 0.717) is 34.3 Å². The minimum absolute atomic E-state index is 0.0729. The zero-order chi connectivity index (χ0) is 23.7. The lowest BCUT2D eigenvalue weighted by atomic mass is 10.1. The van der Waals surface area contributed by atoms with Gasteiger partial charge in [0.2, 0.25) is 6.79 Å². The lowest BCUT2D eigenvalue weighted by Crippen LogP contribution is -2.24. The SMILES string of the molecule is Cc1c(NC(=O)COCc2cc(-c3ccc4c(c3)OCO4)on2)c(=O)n(-c2ccccc2)n1C. The van der Waals surface area contributed by atoms with Gasteiger partial charge in [0, 0.05) is 18.7 Å². The molecule has 10 heteroatoms. The van der Waals surface area contributed by atoms with Crippen molar-refractivity contribution in [3.8, 4) is 28.5 Å². The quantitative estimate of drug-likeness (QED) is 0.450. The minimum atomic E-state index is -0.439. The molecule has 2 aromatic heterocycles. The summed E-state index contributed by atoms with van der Waals surface area (Å²) in [4.78, 5) is 25.3. The number of nitrogens with one attached hydrogen (secondary N) is 1. The highest BCUT2D eigenvalue weighted by Crippen LogP contribution is 2.36. The third kappa shape index (κ3) is 4.06. The second-order valence-electron chi connectivity index (χ2n) is 7.73. The molecule has 3 heterocycles. The zero-order valence-corrected chi connectivity index (χ0v) is 18.6. The first kappa shape index (κ1) is 21.5. The van der Waals surface area contributed by atoms with Crippen LogP contribution in [0.3, 0.4) is 0 Å². The maximum Gasteiger partial charge on any atom is 0.295 e. The molecule has 0 saturated carbocycles. The summed E-state index contributed by atoms with van der Waals surface area (Å²) in [6.45, 7) is 1.79. The normalized spacial score (nSPS) is 12.2. The number of hydrogen-bond acceptors (Lipinski definition) is 7. The molecule has 2 aromatic carbocycles. The van der Waals surface area contributed by atoms with Gasteiger partial charge in [-0.05, 0) is 37.3 Å². The van der Waals surface area contributed by atoms with E-state index in [9.17, 15) is 9.59 Å². The highest BCUT2D eigenvalue weighted by atomic mass is 16.7. The Balaban J connectivity index is 1.20.